The Labute approximate surface area is 279 Å². The fourth-order valence-corrected chi connectivity index (χ4v) is 5.51. The molecule has 4 N–H and O–H groups in total. The molecule has 0 fully saturated rings. The Balaban J connectivity index is 1.37. The molecule has 0 radical (unpaired) electrons. The quantitative estimate of drug-likeness (QED) is 0.0820. The number of nitriles is 1. The van der Waals surface area contributed by atoms with Gasteiger partial charge in [0.05, 0.1) is 52.7 Å². The number of aliphatic hydroxyl groups is 1. The number of benzene rings is 3. The molecular formula is C32H31BrClN5O7. The van der Waals surface area contributed by atoms with Gasteiger partial charge in [-0.2, -0.15) is 10.4 Å². The number of hydrogen-bond acceptors (Lipinski definition) is 10. The minimum absolute atomic E-state index is 0.164. The minimum atomic E-state index is -1.19. The molecule has 0 aliphatic carbocycles. The van der Waals surface area contributed by atoms with E-state index in [1.165, 1.54) is 13.3 Å². The predicted molar refractivity (Wildman–Crippen MR) is 174 cm³/mol. The van der Waals surface area contributed by atoms with Gasteiger partial charge in [-0.15, -0.1) is 0 Å². The molecule has 1 heterocycles. The van der Waals surface area contributed by atoms with Crippen LogP contribution in [-0.4, -0.2) is 49.9 Å². The molecular weight excluding hydrogens is 682 g/mol. The molecule has 1 aliphatic rings. The minimum Gasteiger partial charge on any atom is -0.490 e. The van der Waals surface area contributed by atoms with Crippen LogP contribution in [0.25, 0.3) is 0 Å². The van der Waals surface area contributed by atoms with E-state index in [-0.39, 0.29) is 18.8 Å². The van der Waals surface area contributed by atoms with Crippen molar-refractivity contribution in [3.05, 3.63) is 97.6 Å². The molecule has 14 heteroatoms. The molecule has 0 spiro atoms. The van der Waals surface area contributed by atoms with E-state index in [9.17, 15) is 20.0 Å². The topological polar surface area (TPSA) is 164 Å². The van der Waals surface area contributed by atoms with Gasteiger partial charge < -0.3 is 34.7 Å². The van der Waals surface area contributed by atoms with Crippen LogP contribution in [0.5, 0.6) is 17.2 Å². The van der Waals surface area contributed by atoms with Crippen LogP contribution in [0.15, 0.2) is 75.4 Å². The van der Waals surface area contributed by atoms with Gasteiger partial charge in [0.1, 0.15) is 13.2 Å². The average molecular weight is 713 g/mol. The Morgan fingerprint density at radius 1 is 1.20 bits per heavy atom. The van der Waals surface area contributed by atoms with Crippen molar-refractivity contribution in [2.45, 2.75) is 32.7 Å². The summed E-state index contributed by atoms with van der Waals surface area (Å²) in [7, 11) is 1.27. The van der Waals surface area contributed by atoms with Crippen molar-refractivity contribution in [3.63, 3.8) is 0 Å². The lowest BCUT2D eigenvalue weighted by Gasteiger charge is -2.28. The van der Waals surface area contributed by atoms with E-state index in [2.05, 4.69) is 43.2 Å². The van der Waals surface area contributed by atoms with E-state index >= 15 is 0 Å². The standard InChI is InChI=1S/C32H31BrClN5O7/c1-4-44-26-13-20(29-28(31(41)43-3)18(2)37-32(42)38-29)9-10-25(26)45-17-27(40)39-36-15-19-11-23(33)30(24(34)12-19)46-16-22-8-6-5-7-21(22)14-35/h5-13,15,27,29,39-40H,4,16-17H2,1-3H3,(H2,37,38,42)/b36-15-/t27-,29+/m1/s1. The number of esters is 1. The molecule has 0 bridgehead atoms. The lowest BCUT2D eigenvalue weighted by atomic mass is 9.95. The zero-order chi connectivity index (χ0) is 33.2. The number of halogens is 2. The van der Waals surface area contributed by atoms with Crippen LogP contribution >= 0.6 is 27.5 Å². The second kappa shape index (κ2) is 16.0. The molecule has 2 amide bonds. The summed E-state index contributed by atoms with van der Waals surface area (Å²) in [5.41, 5.74) is 5.68. The molecule has 0 aromatic heterocycles. The Kier molecular flexibility index (Phi) is 11.9. The first-order valence-corrected chi connectivity index (χ1v) is 15.1. The molecule has 12 nitrogen and oxygen atoms in total. The van der Waals surface area contributed by atoms with Gasteiger partial charge in [-0.05, 0) is 71.2 Å². The lowest BCUT2D eigenvalue weighted by Crippen LogP contribution is -2.45. The largest absolute Gasteiger partial charge is 0.490 e. The number of amides is 2. The number of rotatable bonds is 13. The van der Waals surface area contributed by atoms with E-state index < -0.39 is 24.3 Å². The van der Waals surface area contributed by atoms with Crippen LogP contribution in [0, 0.1) is 11.3 Å². The third-order valence-corrected chi connectivity index (χ3v) is 7.51. The van der Waals surface area contributed by atoms with E-state index in [1.807, 2.05) is 12.1 Å². The summed E-state index contributed by atoms with van der Waals surface area (Å²) < 4.78 is 22.9. The maximum atomic E-state index is 12.4. The molecule has 0 saturated heterocycles. The fraction of sp³-hybridized carbons (Fsp3) is 0.250. The van der Waals surface area contributed by atoms with E-state index in [1.54, 1.807) is 56.3 Å². The van der Waals surface area contributed by atoms with Gasteiger partial charge >= 0.3 is 12.0 Å². The average Bonchev–Trinajstić information content (AvgIpc) is 3.03. The third-order valence-electron chi connectivity index (χ3n) is 6.64. The highest BCUT2D eigenvalue weighted by molar-refractivity contribution is 9.10. The highest BCUT2D eigenvalue weighted by Gasteiger charge is 2.32. The summed E-state index contributed by atoms with van der Waals surface area (Å²) in [6.45, 7) is 3.71. The number of aliphatic hydroxyl groups excluding tert-OH is 1. The number of allylic oxidation sites excluding steroid dienone is 1. The van der Waals surface area contributed by atoms with E-state index in [0.717, 1.165) is 5.56 Å². The lowest BCUT2D eigenvalue weighted by molar-refractivity contribution is -0.136. The summed E-state index contributed by atoms with van der Waals surface area (Å²) in [6.07, 6.45) is 0.281. The van der Waals surface area contributed by atoms with Gasteiger partial charge in [0.2, 0.25) is 0 Å². The number of hydrogen-bond donors (Lipinski definition) is 4. The monoisotopic (exact) mass is 711 g/mol. The second-order valence-corrected chi connectivity index (χ2v) is 11.0. The van der Waals surface area contributed by atoms with Gasteiger partial charge in [0.25, 0.3) is 0 Å². The Bertz CT molecular complexity index is 1690. The van der Waals surface area contributed by atoms with Crippen molar-refractivity contribution < 1.29 is 33.6 Å². The Morgan fingerprint density at radius 3 is 2.70 bits per heavy atom. The summed E-state index contributed by atoms with van der Waals surface area (Å²) in [4.78, 5) is 24.6. The molecule has 0 saturated carbocycles. The summed E-state index contributed by atoms with van der Waals surface area (Å²) in [6, 6.07) is 16.4. The van der Waals surface area contributed by atoms with E-state index in [0.29, 0.717) is 55.7 Å². The Hall–Kier alpha value is -4.77. The molecule has 0 unspecified atom stereocenters. The maximum absolute atomic E-state index is 12.4. The molecule has 240 valence electrons. The maximum Gasteiger partial charge on any atom is 0.337 e. The zero-order valence-electron chi connectivity index (χ0n) is 25.1. The first-order valence-electron chi connectivity index (χ1n) is 14.0. The normalized spacial score (nSPS) is 15.0. The number of urea groups is 1. The number of carbonyl (C=O) groups excluding carboxylic acids is 2. The van der Waals surface area contributed by atoms with Gasteiger partial charge in [-0.25, -0.2) is 9.59 Å². The molecule has 1 aliphatic heterocycles. The zero-order valence-corrected chi connectivity index (χ0v) is 27.4. The van der Waals surface area contributed by atoms with Crippen LogP contribution in [0.1, 0.15) is 42.1 Å². The number of nitrogens with one attached hydrogen (secondary N) is 3. The van der Waals surface area contributed by atoms with Crippen LogP contribution in [-0.2, 0) is 16.1 Å². The van der Waals surface area contributed by atoms with Gasteiger partial charge in [-0.1, -0.05) is 35.9 Å². The fourth-order valence-electron chi connectivity index (χ4n) is 4.52. The van der Waals surface area contributed by atoms with Crippen molar-refractivity contribution in [1.82, 2.24) is 16.1 Å². The van der Waals surface area contributed by atoms with Gasteiger partial charge in [-0.3, -0.25) is 5.43 Å². The third kappa shape index (κ3) is 8.48. The summed E-state index contributed by atoms with van der Waals surface area (Å²) in [5.74, 6) is 0.516. The van der Waals surface area contributed by atoms with E-state index in [4.69, 9.17) is 30.5 Å². The molecule has 3 aromatic rings. The van der Waals surface area contributed by atoms with Crippen molar-refractivity contribution in [2.75, 3.05) is 20.3 Å². The van der Waals surface area contributed by atoms with Gasteiger partial charge in [0, 0.05) is 11.3 Å². The first kappa shape index (κ1) is 34.1. The van der Waals surface area contributed by atoms with Crippen molar-refractivity contribution in [1.29, 1.82) is 5.26 Å². The van der Waals surface area contributed by atoms with Crippen molar-refractivity contribution in [2.24, 2.45) is 5.10 Å². The molecule has 4 rings (SSSR count). The summed E-state index contributed by atoms with van der Waals surface area (Å²) >= 11 is 9.91. The van der Waals surface area contributed by atoms with Crippen LogP contribution < -0.4 is 30.3 Å². The SMILES string of the molecule is CCOc1cc([C@@H]2NC(=O)NC(C)=C2C(=O)OC)ccc1OC[C@@H](O)N/N=C\c1cc(Cl)c(OCc2ccccc2C#N)c(Br)c1. The number of methoxy groups -OCH3 is 1. The van der Waals surface area contributed by atoms with Crippen LogP contribution in [0.2, 0.25) is 5.02 Å². The second-order valence-electron chi connectivity index (χ2n) is 9.79. The van der Waals surface area contributed by atoms with Crippen LogP contribution in [0.4, 0.5) is 4.79 Å². The van der Waals surface area contributed by atoms with Crippen LogP contribution in [0.3, 0.4) is 0 Å². The number of carbonyl (C=O) groups is 2. The predicted octanol–water partition coefficient (Wildman–Crippen LogP) is 5.07. The number of hydrazone groups is 1. The number of nitrogens with zero attached hydrogens (tertiary/aromatic N) is 2. The molecule has 46 heavy (non-hydrogen) atoms. The van der Waals surface area contributed by atoms with Gasteiger partial charge in [0.15, 0.2) is 23.5 Å². The van der Waals surface area contributed by atoms with Crippen molar-refractivity contribution in [3.8, 4) is 23.3 Å². The smallest absolute Gasteiger partial charge is 0.337 e. The molecule has 3 aromatic carbocycles. The number of ether oxygens (including phenoxy) is 4. The highest BCUT2D eigenvalue weighted by atomic mass is 79.9. The Morgan fingerprint density at radius 2 is 1.98 bits per heavy atom. The first-order chi connectivity index (χ1) is 22.1. The highest BCUT2D eigenvalue weighted by Crippen LogP contribution is 2.36. The summed E-state index contributed by atoms with van der Waals surface area (Å²) in [5, 5.41) is 29.4. The molecule has 2 atom stereocenters. The van der Waals surface area contributed by atoms with Crippen molar-refractivity contribution >= 4 is 45.7 Å².